The third kappa shape index (κ3) is 4.69. The van der Waals surface area contributed by atoms with Gasteiger partial charge in [0, 0.05) is 17.7 Å². The van der Waals surface area contributed by atoms with Crippen LogP contribution in [-0.4, -0.2) is 23.5 Å². The molecule has 1 saturated carbocycles. The Balaban J connectivity index is 2.39. The van der Waals surface area contributed by atoms with E-state index in [1.807, 2.05) is 0 Å². The van der Waals surface area contributed by atoms with Gasteiger partial charge < -0.3 is 10.4 Å². The van der Waals surface area contributed by atoms with E-state index in [4.69, 9.17) is 5.11 Å². The third-order valence-electron chi connectivity index (χ3n) is 4.32. The Bertz CT molecular complexity index is 366. The van der Waals surface area contributed by atoms with E-state index in [2.05, 4.69) is 12.2 Å². The topological polar surface area (TPSA) is 66.4 Å². The van der Waals surface area contributed by atoms with Gasteiger partial charge >= 0.3 is 5.97 Å². The molecule has 1 aliphatic rings. The monoisotopic (exact) mass is 267 g/mol. The maximum absolute atomic E-state index is 11.8. The molecule has 0 saturated heterocycles. The van der Waals surface area contributed by atoms with Crippen molar-refractivity contribution in [2.24, 2.45) is 11.8 Å². The first kappa shape index (κ1) is 15.7. The molecule has 0 radical (unpaired) electrons. The summed E-state index contributed by atoms with van der Waals surface area (Å²) in [6.07, 6.45) is 6.08. The van der Waals surface area contributed by atoms with E-state index in [0.29, 0.717) is 18.0 Å². The van der Waals surface area contributed by atoms with Crippen molar-refractivity contribution in [2.75, 3.05) is 6.54 Å². The van der Waals surface area contributed by atoms with Crippen molar-refractivity contribution in [2.45, 2.75) is 52.9 Å². The maximum atomic E-state index is 11.8. The molecule has 0 aromatic rings. The molecule has 1 aliphatic carbocycles. The van der Waals surface area contributed by atoms with E-state index < -0.39 is 5.97 Å². The predicted octanol–water partition coefficient (Wildman–Crippen LogP) is 2.74. The summed E-state index contributed by atoms with van der Waals surface area (Å²) in [7, 11) is 0. The molecular weight excluding hydrogens is 242 g/mol. The molecule has 0 aromatic carbocycles. The average Bonchev–Trinajstić information content (AvgIpc) is 2.43. The lowest BCUT2D eigenvalue weighted by Crippen LogP contribution is -2.32. The molecule has 0 aromatic heterocycles. The average molecular weight is 267 g/mol. The molecule has 2 N–H and O–H groups in total. The second-order valence-electron chi connectivity index (χ2n) is 5.56. The Kier molecular flexibility index (Phi) is 6.06. The molecule has 0 atom stereocenters. The minimum absolute atomic E-state index is 0.118. The predicted molar refractivity (Wildman–Crippen MR) is 74.8 cm³/mol. The molecule has 0 heterocycles. The number of carboxylic acid groups (broad SMARTS) is 1. The summed E-state index contributed by atoms with van der Waals surface area (Å²) >= 11 is 0. The van der Waals surface area contributed by atoms with Crippen molar-refractivity contribution < 1.29 is 14.7 Å². The van der Waals surface area contributed by atoms with Crippen LogP contribution in [0.5, 0.6) is 0 Å². The Hall–Kier alpha value is -1.32. The van der Waals surface area contributed by atoms with Crippen LogP contribution < -0.4 is 5.32 Å². The fraction of sp³-hybridized carbons (Fsp3) is 0.733. The van der Waals surface area contributed by atoms with Gasteiger partial charge in [-0.3, -0.25) is 4.79 Å². The standard InChI is InChI=1S/C15H25NO3/c1-4-12-5-7-13(8-6-12)9-16-14(17)10(2)11(3)15(18)19/h12-13H,4-9H2,1-3H3,(H,16,17)(H,18,19)/b11-10-. The number of aliphatic carboxylic acids is 1. The van der Waals surface area contributed by atoms with Crippen LogP contribution in [0.1, 0.15) is 52.9 Å². The zero-order valence-corrected chi connectivity index (χ0v) is 12.2. The van der Waals surface area contributed by atoms with Gasteiger partial charge in [0.1, 0.15) is 0 Å². The van der Waals surface area contributed by atoms with Crippen LogP contribution in [0.3, 0.4) is 0 Å². The largest absolute Gasteiger partial charge is 0.478 e. The summed E-state index contributed by atoms with van der Waals surface area (Å²) in [4.78, 5) is 22.6. The summed E-state index contributed by atoms with van der Waals surface area (Å²) in [6.45, 7) is 5.92. The Labute approximate surface area is 115 Å². The first-order valence-electron chi connectivity index (χ1n) is 7.14. The van der Waals surface area contributed by atoms with Crippen molar-refractivity contribution in [3.8, 4) is 0 Å². The summed E-state index contributed by atoms with van der Waals surface area (Å²) in [5.41, 5.74) is 0.418. The minimum Gasteiger partial charge on any atom is -0.478 e. The van der Waals surface area contributed by atoms with Gasteiger partial charge in [-0.25, -0.2) is 4.79 Å². The fourth-order valence-corrected chi connectivity index (χ4v) is 2.54. The van der Waals surface area contributed by atoms with Gasteiger partial charge in [-0.2, -0.15) is 0 Å². The number of hydrogen-bond acceptors (Lipinski definition) is 2. The zero-order valence-electron chi connectivity index (χ0n) is 12.2. The van der Waals surface area contributed by atoms with Gasteiger partial charge in [-0.05, 0) is 38.5 Å². The molecular formula is C15H25NO3. The zero-order chi connectivity index (χ0) is 14.4. The van der Waals surface area contributed by atoms with E-state index >= 15 is 0 Å². The molecule has 0 unspecified atom stereocenters. The lowest BCUT2D eigenvalue weighted by molar-refractivity contribution is -0.133. The Morgan fingerprint density at radius 2 is 1.58 bits per heavy atom. The van der Waals surface area contributed by atoms with Crippen LogP contribution >= 0.6 is 0 Å². The lowest BCUT2D eigenvalue weighted by Gasteiger charge is -2.27. The van der Waals surface area contributed by atoms with Gasteiger partial charge in [0.15, 0.2) is 0 Å². The highest BCUT2D eigenvalue weighted by atomic mass is 16.4. The molecule has 0 spiro atoms. The van der Waals surface area contributed by atoms with Crippen molar-refractivity contribution in [3.05, 3.63) is 11.1 Å². The SMILES string of the molecule is CCC1CCC(CNC(=O)/C(C)=C(/C)C(=O)O)CC1. The molecule has 1 fully saturated rings. The van der Waals surface area contributed by atoms with E-state index in [0.717, 1.165) is 5.92 Å². The smallest absolute Gasteiger partial charge is 0.331 e. The maximum Gasteiger partial charge on any atom is 0.331 e. The van der Waals surface area contributed by atoms with Gasteiger partial charge in [-0.1, -0.05) is 26.2 Å². The highest BCUT2D eigenvalue weighted by Gasteiger charge is 2.21. The molecule has 19 heavy (non-hydrogen) atoms. The number of hydrogen-bond donors (Lipinski definition) is 2. The molecule has 4 heteroatoms. The van der Waals surface area contributed by atoms with Crippen LogP contribution in [0.15, 0.2) is 11.1 Å². The number of amides is 1. The second kappa shape index (κ2) is 7.31. The normalized spacial score (nSPS) is 24.6. The van der Waals surface area contributed by atoms with Crippen molar-refractivity contribution in [1.29, 1.82) is 0 Å². The Morgan fingerprint density at radius 1 is 1.05 bits per heavy atom. The van der Waals surface area contributed by atoms with E-state index in [1.165, 1.54) is 39.0 Å². The van der Waals surface area contributed by atoms with Gasteiger partial charge in [0.05, 0.1) is 0 Å². The molecule has 4 nitrogen and oxygen atoms in total. The first-order chi connectivity index (χ1) is 8.95. The van der Waals surface area contributed by atoms with Crippen LogP contribution in [-0.2, 0) is 9.59 Å². The lowest BCUT2D eigenvalue weighted by atomic mass is 9.81. The van der Waals surface area contributed by atoms with Crippen molar-refractivity contribution in [3.63, 3.8) is 0 Å². The summed E-state index contributed by atoms with van der Waals surface area (Å²) in [5.74, 6) is 0.112. The number of nitrogens with one attached hydrogen (secondary N) is 1. The molecule has 0 aliphatic heterocycles. The van der Waals surface area contributed by atoms with Gasteiger partial charge in [0.2, 0.25) is 5.91 Å². The molecule has 1 rings (SSSR count). The number of carbonyl (C=O) groups is 2. The van der Waals surface area contributed by atoms with E-state index in [9.17, 15) is 9.59 Å². The molecule has 0 bridgehead atoms. The second-order valence-corrected chi connectivity index (χ2v) is 5.56. The van der Waals surface area contributed by atoms with Crippen LogP contribution in [0.25, 0.3) is 0 Å². The summed E-state index contributed by atoms with van der Waals surface area (Å²) in [6, 6.07) is 0. The number of rotatable bonds is 5. The molecule has 1 amide bonds. The van der Waals surface area contributed by atoms with Crippen LogP contribution in [0.2, 0.25) is 0 Å². The minimum atomic E-state index is -1.03. The van der Waals surface area contributed by atoms with Crippen molar-refractivity contribution >= 4 is 11.9 Å². The summed E-state index contributed by atoms with van der Waals surface area (Å²) in [5, 5.41) is 11.7. The van der Waals surface area contributed by atoms with Crippen LogP contribution in [0, 0.1) is 11.8 Å². The highest BCUT2D eigenvalue weighted by molar-refractivity contribution is 6.01. The Morgan fingerprint density at radius 3 is 2.05 bits per heavy atom. The summed E-state index contributed by atoms with van der Waals surface area (Å²) < 4.78 is 0. The van der Waals surface area contributed by atoms with Gasteiger partial charge in [0.25, 0.3) is 0 Å². The first-order valence-corrected chi connectivity index (χ1v) is 7.14. The van der Waals surface area contributed by atoms with Crippen LogP contribution in [0.4, 0.5) is 0 Å². The molecule has 108 valence electrons. The fourth-order valence-electron chi connectivity index (χ4n) is 2.54. The van der Waals surface area contributed by atoms with Gasteiger partial charge in [-0.15, -0.1) is 0 Å². The third-order valence-corrected chi connectivity index (χ3v) is 4.32. The van der Waals surface area contributed by atoms with E-state index in [1.54, 1.807) is 6.92 Å². The number of carboxylic acids is 1. The quantitative estimate of drug-likeness (QED) is 0.753. The highest BCUT2D eigenvalue weighted by Crippen LogP contribution is 2.30. The number of carbonyl (C=O) groups excluding carboxylic acids is 1. The van der Waals surface area contributed by atoms with E-state index in [-0.39, 0.29) is 11.5 Å². The van der Waals surface area contributed by atoms with Crippen molar-refractivity contribution in [1.82, 2.24) is 5.32 Å².